The molecule has 7 nitrogen and oxygen atoms in total. The molecule has 3 N–H and O–H groups in total. The Bertz CT molecular complexity index is 914. The number of Topliss-reactive ketones (excluding diaryl/α,β-unsaturated/α-hetero) is 1. The Kier molecular flexibility index (Phi) is 6.14. The molecule has 1 amide bonds. The van der Waals surface area contributed by atoms with Crippen molar-refractivity contribution in [2.45, 2.75) is 58.8 Å². The highest BCUT2D eigenvalue weighted by Gasteiger charge is 2.73. The van der Waals surface area contributed by atoms with Gasteiger partial charge in [-0.1, -0.05) is 45.8 Å². The van der Waals surface area contributed by atoms with Crippen LogP contribution in [0.5, 0.6) is 0 Å². The van der Waals surface area contributed by atoms with Crippen LogP contribution in [0, 0.1) is 40.9 Å². The van der Waals surface area contributed by atoms with Crippen LogP contribution in [0.15, 0.2) is 23.3 Å². The Hall–Kier alpha value is -2.14. The molecule has 1 spiro atoms. The fraction of sp³-hybridized carbons (Fsp3) is 0.680. The molecular formula is C25H35NO6. The van der Waals surface area contributed by atoms with Crippen LogP contribution < -0.4 is 0 Å². The molecule has 0 unspecified atom stereocenters. The smallest absolute Gasteiger partial charge is 0.411 e. The van der Waals surface area contributed by atoms with E-state index in [1.165, 1.54) is 11.9 Å². The Balaban J connectivity index is 2.24. The normalized spacial score (nSPS) is 40.2. The van der Waals surface area contributed by atoms with Gasteiger partial charge in [0.25, 0.3) is 0 Å². The predicted octanol–water partition coefficient (Wildman–Crippen LogP) is 1.91. The van der Waals surface area contributed by atoms with Crippen molar-refractivity contribution in [1.82, 2.24) is 4.90 Å². The van der Waals surface area contributed by atoms with Gasteiger partial charge in [0.2, 0.25) is 0 Å². The number of aliphatic hydroxyl groups is 3. The summed E-state index contributed by atoms with van der Waals surface area (Å²) in [6.45, 7) is 9.15. The molecule has 2 bridgehead atoms. The van der Waals surface area contributed by atoms with Crippen LogP contribution in [0.3, 0.4) is 0 Å². The van der Waals surface area contributed by atoms with E-state index in [-0.39, 0.29) is 29.7 Å². The molecule has 7 heteroatoms. The number of carbonyl (C=O) groups is 2. The Labute approximate surface area is 190 Å². The molecule has 3 rings (SSSR count). The van der Waals surface area contributed by atoms with E-state index in [0.717, 1.165) is 0 Å². The minimum absolute atomic E-state index is 0.00530. The molecule has 0 radical (unpaired) electrons. The summed E-state index contributed by atoms with van der Waals surface area (Å²) in [7, 11) is 1.47. The number of terminal acetylenes is 1. The molecule has 0 aliphatic heterocycles. The topological polar surface area (TPSA) is 107 Å². The highest BCUT2D eigenvalue weighted by molar-refractivity contribution is 5.95. The first kappa shape index (κ1) is 24.5. The average Bonchev–Trinajstić information content (AvgIpc) is 2.89. The van der Waals surface area contributed by atoms with E-state index in [0.29, 0.717) is 12.0 Å². The second-order valence-corrected chi connectivity index (χ2v) is 10.4. The number of aliphatic hydroxyl groups excluding tert-OH is 2. The first-order valence-corrected chi connectivity index (χ1v) is 11.1. The van der Waals surface area contributed by atoms with Crippen LogP contribution in [0.25, 0.3) is 0 Å². The van der Waals surface area contributed by atoms with Gasteiger partial charge in [0, 0.05) is 13.0 Å². The number of amides is 1. The first-order chi connectivity index (χ1) is 14.8. The quantitative estimate of drug-likeness (QED) is 0.453. The molecule has 0 saturated heterocycles. The minimum atomic E-state index is -2.16. The van der Waals surface area contributed by atoms with Crippen LogP contribution in [0.2, 0.25) is 0 Å². The summed E-state index contributed by atoms with van der Waals surface area (Å²) < 4.78 is 5.68. The van der Waals surface area contributed by atoms with Gasteiger partial charge in [0.05, 0.1) is 18.6 Å². The predicted molar refractivity (Wildman–Crippen MR) is 119 cm³/mol. The lowest BCUT2D eigenvalue weighted by Gasteiger charge is -2.48. The number of nitrogens with zero attached hydrogens (tertiary/aromatic N) is 1. The Morgan fingerprint density at radius 2 is 1.97 bits per heavy atom. The minimum Gasteiger partial charge on any atom is -0.438 e. The molecule has 176 valence electrons. The molecule has 1 saturated carbocycles. The van der Waals surface area contributed by atoms with E-state index in [9.17, 15) is 24.9 Å². The number of hydrogen-bond donors (Lipinski definition) is 3. The molecule has 32 heavy (non-hydrogen) atoms. The lowest BCUT2D eigenvalue weighted by Crippen LogP contribution is -2.66. The van der Waals surface area contributed by atoms with E-state index in [2.05, 4.69) is 12.8 Å². The molecule has 0 aromatic heterocycles. The van der Waals surface area contributed by atoms with Crippen molar-refractivity contribution in [3.8, 4) is 12.3 Å². The SMILES string of the molecule is C#CCN(C)C(=O)O[C@H]1C(C)=C[C@]23C(=O)[C@@H](C=C(CO)[C@@H](O)[C@]12O)C(C)(C)[C@@H](C)C[C@H]3C. The van der Waals surface area contributed by atoms with Crippen LogP contribution in [0.4, 0.5) is 4.79 Å². The molecular weight excluding hydrogens is 410 g/mol. The summed E-state index contributed by atoms with van der Waals surface area (Å²) >= 11 is 0. The van der Waals surface area contributed by atoms with Crippen molar-refractivity contribution >= 4 is 11.9 Å². The number of hydrogen-bond acceptors (Lipinski definition) is 6. The van der Waals surface area contributed by atoms with Crippen LogP contribution in [0.1, 0.15) is 41.0 Å². The van der Waals surface area contributed by atoms with E-state index < -0.39 is 47.3 Å². The van der Waals surface area contributed by atoms with Crippen molar-refractivity contribution in [1.29, 1.82) is 0 Å². The van der Waals surface area contributed by atoms with Crippen molar-refractivity contribution in [2.24, 2.45) is 28.6 Å². The maximum absolute atomic E-state index is 14.2. The van der Waals surface area contributed by atoms with Gasteiger partial charge in [-0.15, -0.1) is 6.42 Å². The monoisotopic (exact) mass is 445 g/mol. The van der Waals surface area contributed by atoms with Crippen molar-refractivity contribution < 1.29 is 29.6 Å². The van der Waals surface area contributed by atoms with Gasteiger partial charge in [-0.25, -0.2) is 4.79 Å². The number of carbonyl (C=O) groups excluding carboxylic acids is 2. The standard InChI is InChI=1S/C25H35NO6/c1-8-9-26(7)22(30)32-21-14(2)12-24-16(4)10-15(3)23(5,6)18(20(24)29)11-17(13-27)19(28)25(21,24)31/h1,11-12,15-16,18-19,21,27-28,31H,9-10,13H2,2-7H3/t15-,16+,18+,19+,21-,24-,25-/m0/s1. The second-order valence-electron chi connectivity index (χ2n) is 10.4. The number of ketones is 1. The third kappa shape index (κ3) is 3.07. The number of rotatable bonds is 3. The largest absolute Gasteiger partial charge is 0.438 e. The first-order valence-electron chi connectivity index (χ1n) is 11.1. The van der Waals surface area contributed by atoms with Crippen LogP contribution in [-0.2, 0) is 9.53 Å². The van der Waals surface area contributed by atoms with Crippen LogP contribution in [-0.4, -0.2) is 70.1 Å². The van der Waals surface area contributed by atoms with Crippen molar-refractivity contribution in [3.05, 3.63) is 23.3 Å². The molecule has 1 fully saturated rings. The van der Waals surface area contributed by atoms with Gasteiger partial charge in [-0.2, -0.15) is 0 Å². The average molecular weight is 446 g/mol. The summed E-state index contributed by atoms with van der Waals surface area (Å²) in [5, 5.41) is 33.8. The molecule has 3 aliphatic rings. The molecule has 7 atom stereocenters. The van der Waals surface area contributed by atoms with Crippen molar-refractivity contribution in [3.63, 3.8) is 0 Å². The third-order valence-electron chi connectivity index (χ3n) is 8.37. The lowest BCUT2D eigenvalue weighted by molar-refractivity contribution is -0.190. The fourth-order valence-electron chi connectivity index (χ4n) is 6.05. The maximum Gasteiger partial charge on any atom is 0.411 e. The number of allylic oxidation sites excluding steroid dienone is 1. The molecule has 0 aromatic carbocycles. The zero-order valence-electron chi connectivity index (χ0n) is 19.8. The molecule has 0 heterocycles. The van der Waals surface area contributed by atoms with E-state index in [1.807, 2.05) is 20.8 Å². The molecule has 3 aliphatic carbocycles. The van der Waals surface area contributed by atoms with Gasteiger partial charge in [0.15, 0.2) is 17.5 Å². The summed E-state index contributed by atoms with van der Waals surface area (Å²) in [6, 6.07) is 0. The van der Waals surface area contributed by atoms with E-state index >= 15 is 0 Å². The Morgan fingerprint density at radius 3 is 2.53 bits per heavy atom. The summed E-state index contributed by atoms with van der Waals surface area (Å²) in [5.41, 5.74) is -3.47. The van der Waals surface area contributed by atoms with Gasteiger partial charge in [-0.3, -0.25) is 4.79 Å². The zero-order chi connectivity index (χ0) is 24.2. The fourth-order valence-corrected chi connectivity index (χ4v) is 6.05. The number of ether oxygens (including phenoxy) is 1. The summed E-state index contributed by atoms with van der Waals surface area (Å²) in [4.78, 5) is 28.1. The van der Waals surface area contributed by atoms with Crippen LogP contribution >= 0.6 is 0 Å². The summed E-state index contributed by atoms with van der Waals surface area (Å²) in [6.07, 6.45) is 5.59. The third-order valence-corrected chi connectivity index (χ3v) is 8.37. The Morgan fingerprint density at radius 1 is 1.34 bits per heavy atom. The summed E-state index contributed by atoms with van der Waals surface area (Å²) in [5.74, 6) is 1.28. The maximum atomic E-state index is 14.2. The lowest BCUT2D eigenvalue weighted by atomic mass is 9.59. The van der Waals surface area contributed by atoms with E-state index in [1.54, 1.807) is 19.1 Å². The van der Waals surface area contributed by atoms with Gasteiger partial charge >= 0.3 is 6.09 Å². The highest BCUT2D eigenvalue weighted by atomic mass is 16.6. The van der Waals surface area contributed by atoms with Gasteiger partial charge in [0.1, 0.15) is 6.10 Å². The van der Waals surface area contributed by atoms with Gasteiger partial charge in [-0.05, 0) is 41.7 Å². The zero-order valence-corrected chi connectivity index (χ0v) is 19.8. The van der Waals surface area contributed by atoms with E-state index in [4.69, 9.17) is 11.2 Å². The highest BCUT2D eigenvalue weighted by Crippen LogP contribution is 2.62. The molecule has 0 aromatic rings. The number of fused-ring (bicyclic) bond motifs is 1. The van der Waals surface area contributed by atoms with Gasteiger partial charge < -0.3 is 25.0 Å². The second kappa shape index (κ2) is 8.02. The van der Waals surface area contributed by atoms with Crippen molar-refractivity contribution in [2.75, 3.05) is 20.2 Å².